The normalized spacial score (nSPS) is 37.6. The third kappa shape index (κ3) is 5.11. The molecule has 0 bridgehead atoms. The Morgan fingerprint density at radius 1 is 1.17 bits per heavy atom. The molecule has 0 aromatic carbocycles. The average molecular weight is 440 g/mol. The van der Waals surface area contributed by atoms with Crippen molar-refractivity contribution in [1.82, 2.24) is 0 Å². The topological polar surface area (TPSA) is 69.9 Å². The van der Waals surface area contributed by atoms with Crippen molar-refractivity contribution in [3.63, 3.8) is 0 Å². The number of rotatable bonds is 6. The highest BCUT2D eigenvalue weighted by Gasteiger charge is 2.57. The van der Waals surface area contributed by atoms with Crippen LogP contribution in [0, 0.1) is 17.2 Å². The highest BCUT2D eigenvalue weighted by molar-refractivity contribution is 6.74. The minimum atomic E-state index is -1.94. The molecule has 0 spiro atoms. The molecule has 0 radical (unpaired) electrons. The molecule has 0 amide bonds. The van der Waals surface area contributed by atoms with Crippen LogP contribution in [-0.2, 0) is 23.4 Å². The quantitative estimate of drug-likeness (QED) is 0.555. The van der Waals surface area contributed by atoms with Crippen LogP contribution in [0.15, 0.2) is 0 Å². The summed E-state index contributed by atoms with van der Waals surface area (Å²) in [6.45, 7) is 18.3. The molecule has 30 heavy (non-hydrogen) atoms. The van der Waals surface area contributed by atoms with Gasteiger partial charge in [0.05, 0.1) is 37.6 Å². The van der Waals surface area contributed by atoms with E-state index in [9.17, 15) is 5.26 Å². The van der Waals surface area contributed by atoms with Gasteiger partial charge in [0.25, 0.3) is 0 Å². The van der Waals surface area contributed by atoms with E-state index in [0.29, 0.717) is 13.2 Å². The average Bonchev–Trinajstić information content (AvgIpc) is 3.19. The Kier molecular flexibility index (Phi) is 6.81. The van der Waals surface area contributed by atoms with Crippen molar-refractivity contribution in [3.8, 4) is 6.07 Å². The first kappa shape index (κ1) is 24.2. The van der Waals surface area contributed by atoms with Gasteiger partial charge in [0.1, 0.15) is 11.7 Å². The van der Waals surface area contributed by atoms with Gasteiger partial charge in [0.2, 0.25) is 0 Å². The Balaban J connectivity index is 1.77. The third-order valence-corrected chi connectivity index (χ3v) is 11.9. The number of hydrogen-bond donors (Lipinski definition) is 0. The second-order valence-electron chi connectivity index (χ2n) is 11.4. The molecule has 3 fully saturated rings. The number of fused-ring (bicyclic) bond motifs is 1. The van der Waals surface area contributed by atoms with E-state index < -0.39 is 19.7 Å². The summed E-state index contributed by atoms with van der Waals surface area (Å²) in [6, 6.07) is 2.35. The lowest BCUT2D eigenvalue weighted by Crippen LogP contribution is -2.55. The maximum Gasteiger partial charge on any atom is 0.192 e. The van der Waals surface area contributed by atoms with Crippen molar-refractivity contribution in [2.24, 2.45) is 5.92 Å². The maximum absolute atomic E-state index is 9.27. The SMILES string of the molecule is C[C@@H](C#N)C[C@H]1CC[C@@H]2O[C@@H]([C@H]3COC(C)(C)O3)CC2(CO[Si](C)(C)C(C)(C)C)O1. The minimum absolute atomic E-state index is 0.00628. The summed E-state index contributed by atoms with van der Waals surface area (Å²) < 4.78 is 31.8. The van der Waals surface area contributed by atoms with Crippen molar-refractivity contribution in [2.75, 3.05) is 13.2 Å². The van der Waals surface area contributed by atoms with Crippen molar-refractivity contribution in [3.05, 3.63) is 0 Å². The van der Waals surface area contributed by atoms with E-state index in [1.165, 1.54) is 0 Å². The van der Waals surface area contributed by atoms with E-state index in [0.717, 1.165) is 25.7 Å². The van der Waals surface area contributed by atoms with Crippen LogP contribution in [-0.4, -0.2) is 57.3 Å². The number of nitrogens with zero attached hydrogens (tertiary/aromatic N) is 1. The van der Waals surface area contributed by atoms with Crippen molar-refractivity contribution in [2.45, 2.75) is 121 Å². The Labute approximate surface area is 183 Å². The van der Waals surface area contributed by atoms with Gasteiger partial charge in [-0.15, -0.1) is 0 Å². The lowest BCUT2D eigenvalue weighted by Gasteiger charge is -2.45. The monoisotopic (exact) mass is 439 g/mol. The second kappa shape index (κ2) is 8.46. The smallest absolute Gasteiger partial charge is 0.192 e. The van der Waals surface area contributed by atoms with E-state index in [1.54, 1.807) is 0 Å². The lowest BCUT2D eigenvalue weighted by molar-refractivity contribution is -0.186. The number of hydrogen-bond acceptors (Lipinski definition) is 6. The molecule has 6 atom stereocenters. The van der Waals surface area contributed by atoms with E-state index in [4.69, 9.17) is 23.4 Å². The van der Waals surface area contributed by atoms with Crippen LogP contribution >= 0.6 is 0 Å². The molecule has 3 heterocycles. The molecule has 0 saturated carbocycles. The molecule has 3 saturated heterocycles. The summed E-state index contributed by atoms with van der Waals surface area (Å²) in [5.41, 5.74) is -0.478. The molecule has 0 N–H and O–H groups in total. The Hall–Kier alpha value is -0.493. The largest absolute Gasteiger partial charge is 0.414 e. The zero-order valence-corrected chi connectivity index (χ0v) is 21.1. The summed E-state index contributed by atoms with van der Waals surface area (Å²) in [4.78, 5) is 0. The van der Waals surface area contributed by atoms with Gasteiger partial charge in [0.15, 0.2) is 14.1 Å². The molecule has 0 aliphatic carbocycles. The molecule has 172 valence electrons. The minimum Gasteiger partial charge on any atom is -0.414 e. The van der Waals surface area contributed by atoms with Gasteiger partial charge in [-0.25, -0.2) is 0 Å². The van der Waals surface area contributed by atoms with Crippen LogP contribution in [0.3, 0.4) is 0 Å². The van der Waals surface area contributed by atoms with Crippen LogP contribution in [0.5, 0.6) is 0 Å². The fraction of sp³-hybridized carbons (Fsp3) is 0.957. The summed E-state index contributed by atoms with van der Waals surface area (Å²) in [7, 11) is -1.94. The highest BCUT2D eigenvalue weighted by Crippen LogP contribution is 2.47. The lowest BCUT2D eigenvalue weighted by atomic mass is 9.85. The van der Waals surface area contributed by atoms with E-state index >= 15 is 0 Å². The van der Waals surface area contributed by atoms with E-state index in [-0.39, 0.29) is 35.4 Å². The Bertz CT molecular complexity index is 655. The summed E-state index contributed by atoms with van der Waals surface area (Å²) in [5, 5.41) is 9.40. The van der Waals surface area contributed by atoms with Crippen LogP contribution < -0.4 is 0 Å². The molecule has 7 heteroatoms. The first-order valence-electron chi connectivity index (χ1n) is 11.5. The first-order chi connectivity index (χ1) is 13.8. The fourth-order valence-electron chi connectivity index (χ4n) is 4.47. The molecular formula is C23H41NO5Si. The Morgan fingerprint density at radius 2 is 1.87 bits per heavy atom. The number of nitriles is 1. The summed E-state index contributed by atoms with van der Waals surface area (Å²) in [6.07, 6.45) is 3.25. The van der Waals surface area contributed by atoms with Gasteiger partial charge in [0, 0.05) is 12.3 Å². The second-order valence-corrected chi connectivity index (χ2v) is 16.2. The van der Waals surface area contributed by atoms with Crippen LogP contribution in [0.4, 0.5) is 0 Å². The maximum atomic E-state index is 9.27. The van der Waals surface area contributed by atoms with Gasteiger partial charge >= 0.3 is 0 Å². The third-order valence-electron chi connectivity index (χ3n) is 7.39. The molecule has 0 aromatic rings. The molecular weight excluding hydrogens is 398 g/mol. The summed E-state index contributed by atoms with van der Waals surface area (Å²) in [5.74, 6) is -0.589. The van der Waals surface area contributed by atoms with Gasteiger partial charge in [-0.05, 0) is 58.2 Å². The van der Waals surface area contributed by atoms with E-state index in [2.05, 4.69) is 39.9 Å². The molecule has 0 aromatic heterocycles. The molecule has 3 aliphatic heterocycles. The standard InChI is InChI=1S/C23H41NO5Si/c1-16(13-24)11-17-9-10-20-23(28-17,15-26-30(7,8)21(2,3)4)12-18(27-20)19-14-25-22(5,6)29-19/h16-20H,9-12,14-15H2,1-8H3/t16-,17-,18-,19-,20+,23?/m1/s1. The van der Waals surface area contributed by atoms with Gasteiger partial charge in [-0.1, -0.05) is 20.8 Å². The van der Waals surface area contributed by atoms with E-state index in [1.807, 2.05) is 20.8 Å². The summed E-state index contributed by atoms with van der Waals surface area (Å²) >= 11 is 0. The molecule has 6 nitrogen and oxygen atoms in total. The zero-order chi connectivity index (χ0) is 22.4. The molecule has 3 aliphatic rings. The van der Waals surface area contributed by atoms with Crippen molar-refractivity contribution in [1.29, 1.82) is 5.26 Å². The first-order valence-corrected chi connectivity index (χ1v) is 14.4. The van der Waals surface area contributed by atoms with Gasteiger partial charge in [-0.2, -0.15) is 5.26 Å². The Morgan fingerprint density at radius 3 is 2.43 bits per heavy atom. The van der Waals surface area contributed by atoms with Crippen molar-refractivity contribution >= 4 is 8.32 Å². The predicted molar refractivity (Wildman–Crippen MR) is 118 cm³/mol. The van der Waals surface area contributed by atoms with Crippen LogP contribution in [0.2, 0.25) is 18.1 Å². The highest BCUT2D eigenvalue weighted by atomic mass is 28.4. The number of ether oxygens (including phenoxy) is 4. The van der Waals surface area contributed by atoms with Gasteiger partial charge in [-0.3, -0.25) is 0 Å². The molecule has 1 unspecified atom stereocenters. The van der Waals surface area contributed by atoms with Gasteiger partial charge < -0.3 is 23.4 Å². The molecule has 3 rings (SSSR count). The van der Waals surface area contributed by atoms with Crippen molar-refractivity contribution < 1.29 is 23.4 Å². The van der Waals surface area contributed by atoms with Crippen LogP contribution in [0.25, 0.3) is 0 Å². The predicted octanol–water partition coefficient (Wildman–Crippen LogP) is 4.78. The van der Waals surface area contributed by atoms with Crippen LogP contribution in [0.1, 0.15) is 67.2 Å². The fourth-order valence-corrected chi connectivity index (χ4v) is 5.51. The zero-order valence-electron chi connectivity index (χ0n) is 20.1.